The summed E-state index contributed by atoms with van der Waals surface area (Å²) in [6.07, 6.45) is 4.57. The number of aromatic nitrogens is 1. The van der Waals surface area contributed by atoms with Crippen molar-refractivity contribution in [3.8, 4) is 0 Å². The van der Waals surface area contributed by atoms with Crippen LogP contribution in [0.3, 0.4) is 0 Å². The highest BCUT2D eigenvalue weighted by Gasteiger charge is 2.33. The third kappa shape index (κ3) is 2.62. The predicted molar refractivity (Wildman–Crippen MR) is 75.6 cm³/mol. The van der Waals surface area contributed by atoms with E-state index in [4.69, 9.17) is 0 Å². The van der Waals surface area contributed by atoms with E-state index >= 15 is 0 Å². The van der Waals surface area contributed by atoms with Crippen molar-refractivity contribution < 1.29 is 0 Å². The lowest BCUT2D eigenvalue weighted by Gasteiger charge is -2.22. The van der Waals surface area contributed by atoms with Gasteiger partial charge in [0.1, 0.15) is 0 Å². The van der Waals surface area contributed by atoms with Gasteiger partial charge in [0.2, 0.25) is 0 Å². The van der Waals surface area contributed by atoms with Gasteiger partial charge < -0.3 is 5.32 Å². The van der Waals surface area contributed by atoms with Crippen LogP contribution in [0.25, 0.3) is 0 Å². The maximum Gasteiger partial charge on any atom is 0.0570 e. The molecule has 2 atom stereocenters. The van der Waals surface area contributed by atoms with Gasteiger partial charge in [0.05, 0.1) is 5.69 Å². The summed E-state index contributed by atoms with van der Waals surface area (Å²) in [5, 5.41) is 5.91. The van der Waals surface area contributed by atoms with Crippen molar-refractivity contribution in [3.05, 3.63) is 52.5 Å². The molecule has 1 aliphatic carbocycles. The van der Waals surface area contributed by atoms with Gasteiger partial charge in [-0.05, 0) is 49.3 Å². The molecule has 2 heterocycles. The number of pyridine rings is 1. The van der Waals surface area contributed by atoms with Crippen molar-refractivity contribution >= 4 is 11.3 Å². The van der Waals surface area contributed by atoms with E-state index in [1.807, 2.05) is 23.6 Å². The Bertz CT molecular complexity index is 476. The SMILES string of the molecule is CC(NC(c1cccs1)C1CC1)c1ccccn1. The second-order valence-corrected chi connectivity index (χ2v) is 5.95. The lowest BCUT2D eigenvalue weighted by Crippen LogP contribution is -2.26. The van der Waals surface area contributed by atoms with Gasteiger partial charge in [0, 0.05) is 23.2 Å². The van der Waals surface area contributed by atoms with Crippen LogP contribution in [0.5, 0.6) is 0 Å². The molecule has 0 bridgehead atoms. The molecule has 1 saturated carbocycles. The minimum atomic E-state index is 0.305. The Hall–Kier alpha value is -1.19. The van der Waals surface area contributed by atoms with Crippen LogP contribution >= 0.6 is 11.3 Å². The van der Waals surface area contributed by atoms with Crippen LogP contribution in [0.15, 0.2) is 41.9 Å². The maximum absolute atomic E-state index is 4.43. The molecule has 1 aliphatic rings. The molecule has 0 spiro atoms. The quantitative estimate of drug-likeness (QED) is 0.878. The van der Waals surface area contributed by atoms with Gasteiger partial charge in [-0.15, -0.1) is 11.3 Å². The molecule has 0 aliphatic heterocycles. The molecule has 3 heteroatoms. The number of rotatable bonds is 5. The third-order valence-electron chi connectivity index (χ3n) is 3.50. The molecule has 18 heavy (non-hydrogen) atoms. The monoisotopic (exact) mass is 258 g/mol. The Morgan fingerprint density at radius 1 is 1.28 bits per heavy atom. The normalized spacial score (nSPS) is 18.5. The first-order chi connectivity index (χ1) is 8.84. The fourth-order valence-corrected chi connectivity index (χ4v) is 3.21. The molecule has 0 amide bonds. The summed E-state index contributed by atoms with van der Waals surface area (Å²) < 4.78 is 0. The van der Waals surface area contributed by atoms with E-state index in [9.17, 15) is 0 Å². The van der Waals surface area contributed by atoms with Crippen LogP contribution in [0, 0.1) is 5.92 Å². The van der Waals surface area contributed by atoms with E-state index in [-0.39, 0.29) is 0 Å². The molecule has 1 N–H and O–H groups in total. The van der Waals surface area contributed by atoms with Crippen molar-refractivity contribution in [1.29, 1.82) is 0 Å². The fourth-order valence-electron chi connectivity index (χ4n) is 2.34. The van der Waals surface area contributed by atoms with Gasteiger partial charge in [-0.1, -0.05) is 12.1 Å². The van der Waals surface area contributed by atoms with Gasteiger partial charge in [-0.3, -0.25) is 4.98 Å². The first kappa shape index (κ1) is 11.9. The van der Waals surface area contributed by atoms with Crippen molar-refractivity contribution in [2.45, 2.75) is 31.8 Å². The number of hydrogen-bond acceptors (Lipinski definition) is 3. The standard InChI is InChI=1S/C15H18N2S/c1-11(13-5-2-3-9-16-13)17-15(12-7-8-12)14-6-4-10-18-14/h2-6,9-12,15,17H,7-8H2,1H3. The zero-order chi connectivity index (χ0) is 12.4. The van der Waals surface area contributed by atoms with Crippen LogP contribution < -0.4 is 5.32 Å². The molecule has 2 unspecified atom stereocenters. The molecule has 2 nitrogen and oxygen atoms in total. The van der Waals surface area contributed by atoms with E-state index in [1.165, 1.54) is 17.7 Å². The lowest BCUT2D eigenvalue weighted by atomic mass is 10.1. The summed E-state index contributed by atoms with van der Waals surface area (Å²) in [4.78, 5) is 5.89. The second-order valence-electron chi connectivity index (χ2n) is 4.97. The Labute approximate surface area is 112 Å². The molecule has 2 aromatic rings. The summed E-state index contributed by atoms with van der Waals surface area (Å²) >= 11 is 1.85. The van der Waals surface area contributed by atoms with Crippen molar-refractivity contribution in [3.63, 3.8) is 0 Å². The van der Waals surface area contributed by atoms with Crippen molar-refractivity contribution in [2.75, 3.05) is 0 Å². The van der Waals surface area contributed by atoms with Crippen LogP contribution in [0.1, 0.15) is 42.4 Å². The second kappa shape index (κ2) is 5.21. The van der Waals surface area contributed by atoms with Gasteiger partial charge in [0.25, 0.3) is 0 Å². The average Bonchev–Trinajstić information content (AvgIpc) is 3.11. The van der Waals surface area contributed by atoms with Gasteiger partial charge in [-0.2, -0.15) is 0 Å². The maximum atomic E-state index is 4.43. The highest BCUT2D eigenvalue weighted by atomic mass is 32.1. The highest BCUT2D eigenvalue weighted by molar-refractivity contribution is 7.10. The largest absolute Gasteiger partial charge is 0.301 e. The molecule has 0 saturated heterocycles. The van der Waals surface area contributed by atoms with Crippen LogP contribution in [0.2, 0.25) is 0 Å². The molecule has 0 radical (unpaired) electrons. The zero-order valence-corrected chi connectivity index (χ0v) is 11.4. The first-order valence-electron chi connectivity index (χ1n) is 6.55. The molecule has 94 valence electrons. The van der Waals surface area contributed by atoms with Gasteiger partial charge >= 0.3 is 0 Å². The van der Waals surface area contributed by atoms with Crippen LogP contribution in [-0.2, 0) is 0 Å². The van der Waals surface area contributed by atoms with Gasteiger partial charge in [-0.25, -0.2) is 0 Å². The van der Waals surface area contributed by atoms with E-state index in [1.54, 1.807) is 0 Å². The average molecular weight is 258 g/mol. The summed E-state index contributed by atoms with van der Waals surface area (Å²) in [6, 6.07) is 11.3. The van der Waals surface area contributed by atoms with E-state index in [0.29, 0.717) is 12.1 Å². The predicted octanol–water partition coefficient (Wildman–Crippen LogP) is 3.95. The van der Waals surface area contributed by atoms with Crippen LogP contribution in [0.4, 0.5) is 0 Å². The molecule has 1 fully saturated rings. The molecule has 2 aromatic heterocycles. The minimum absolute atomic E-state index is 0.305. The van der Waals surface area contributed by atoms with Crippen molar-refractivity contribution in [2.24, 2.45) is 5.92 Å². The summed E-state index contributed by atoms with van der Waals surface area (Å²) in [5.41, 5.74) is 1.12. The topological polar surface area (TPSA) is 24.9 Å². The Morgan fingerprint density at radius 2 is 2.17 bits per heavy atom. The smallest absolute Gasteiger partial charge is 0.0570 e. The lowest BCUT2D eigenvalue weighted by molar-refractivity contribution is 0.427. The third-order valence-corrected chi connectivity index (χ3v) is 4.46. The van der Waals surface area contributed by atoms with Crippen molar-refractivity contribution in [1.82, 2.24) is 10.3 Å². The summed E-state index contributed by atoms with van der Waals surface area (Å²) in [7, 11) is 0. The number of nitrogens with one attached hydrogen (secondary N) is 1. The highest BCUT2D eigenvalue weighted by Crippen LogP contribution is 2.43. The number of hydrogen-bond donors (Lipinski definition) is 1. The van der Waals surface area contributed by atoms with E-state index in [2.05, 4.69) is 46.9 Å². The van der Waals surface area contributed by atoms with Gasteiger partial charge in [0.15, 0.2) is 0 Å². The number of thiophene rings is 1. The molecular formula is C15H18N2S. The molecule has 0 aromatic carbocycles. The first-order valence-corrected chi connectivity index (χ1v) is 7.43. The Balaban J connectivity index is 1.73. The molecule has 3 rings (SSSR count). The van der Waals surface area contributed by atoms with E-state index < -0.39 is 0 Å². The molecular weight excluding hydrogens is 240 g/mol. The van der Waals surface area contributed by atoms with E-state index in [0.717, 1.165) is 11.6 Å². The van der Waals surface area contributed by atoms with Crippen LogP contribution in [-0.4, -0.2) is 4.98 Å². The minimum Gasteiger partial charge on any atom is -0.301 e. The fraction of sp³-hybridized carbons (Fsp3) is 0.400. The number of nitrogens with zero attached hydrogens (tertiary/aromatic N) is 1. The summed E-state index contributed by atoms with van der Waals surface area (Å²) in [6.45, 7) is 2.20. The Kier molecular flexibility index (Phi) is 3.43. The summed E-state index contributed by atoms with van der Waals surface area (Å²) in [5.74, 6) is 0.815. The Morgan fingerprint density at radius 3 is 2.78 bits per heavy atom. The zero-order valence-electron chi connectivity index (χ0n) is 10.5.